The Morgan fingerprint density at radius 1 is 1.13 bits per heavy atom. The summed E-state index contributed by atoms with van der Waals surface area (Å²) in [5.74, 6) is -0.343. The molecule has 0 spiro atoms. The average molecular weight is 424 g/mol. The first kappa shape index (κ1) is 21.5. The predicted molar refractivity (Wildman–Crippen MR) is 121 cm³/mol. The molecule has 31 heavy (non-hydrogen) atoms. The Hall–Kier alpha value is -2.70. The van der Waals surface area contributed by atoms with Crippen LogP contribution in [0.5, 0.6) is 0 Å². The van der Waals surface area contributed by atoms with E-state index in [0.717, 1.165) is 49.8 Å². The monoisotopic (exact) mass is 423 g/mol. The number of benzene rings is 2. The van der Waals surface area contributed by atoms with Gasteiger partial charge >= 0.3 is 0 Å². The first-order valence-corrected chi connectivity index (χ1v) is 11.0. The highest BCUT2D eigenvalue weighted by Crippen LogP contribution is 2.31. The van der Waals surface area contributed by atoms with Crippen molar-refractivity contribution in [3.8, 4) is 0 Å². The Labute approximate surface area is 182 Å². The number of amides is 1. The third-order valence-corrected chi connectivity index (χ3v) is 6.25. The van der Waals surface area contributed by atoms with Gasteiger partial charge in [-0.3, -0.25) is 4.79 Å². The van der Waals surface area contributed by atoms with Gasteiger partial charge in [0.25, 0.3) is 5.91 Å². The molecule has 1 amide bonds. The molecule has 0 radical (unpaired) electrons. The maximum Gasteiger partial charge on any atom is 0.251 e. The third-order valence-electron chi connectivity index (χ3n) is 6.25. The van der Waals surface area contributed by atoms with E-state index in [9.17, 15) is 9.18 Å². The van der Waals surface area contributed by atoms with Gasteiger partial charge in [-0.1, -0.05) is 18.2 Å². The summed E-state index contributed by atoms with van der Waals surface area (Å²) < 4.78 is 15.5. The van der Waals surface area contributed by atoms with Crippen LogP contribution in [0.3, 0.4) is 0 Å². The molecule has 2 heterocycles. The van der Waals surface area contributed by atoms with Crippen molar-refractivity contribution in [3.05, 3.63) is 71.2 Å². The van der Waals surface area contributed by atoms with Gasteiger partial charge in [-0.05, 0) is 67.5 Å². The maximum absolute atomic E-state index is 13.1. The smallest absolute Gasteiger partial charge is 0.251 e. The topological polar surface area (TPSA) is 57.5 Å². The molecule has 1 aliphatic heterocycles. The number of aliphatic hydroxyl groups excluding tert-OH is 1. The summed E-state index contributed by atoms with van der Waals surface area (Å²) in [5, 5.41) is 12.8. The van der Waals surface area contributed by atoms with Crippen LogP contribution in [0.2, 0.25) is 0 Å². The Kier molecular flexibility index (Phi) is 6.68. The fourth-order valence-electron chi connectivity index (χ4n) is 4.60. The molecule has 0 bridgehead atoms. The second-order valence-electron chi connectivity index (χ2n) is 8.36. The first-order valence-electron chi connectivity index (χ1n) is 11.0. The molecule has 1 saturated heterocycles. The van der Waals surface area contributed by atoms with Crippen LogP contribution in [0.1, 0.15) is 40.5 Å². The molecular formula is C25H30FN3O2. The molecule has 1 fully saturated rings. The van der Waals surface area contributed by atoms with Crippen molar-refractivity contribution in [2.45, 2.75) is 32.2 Å². The quantitative estimate of drug-likeness (QED) is 0.609. The summed E-state index contributed by atoms with van der Waals surface area (Å²) >= 11 is 0. The number of carbonyl (C=O) groups is 1. The molecule has 4 rings (SSSR count). The number of rotatable bonds is 7. The van der Waals surface area contributed by atoms with Crippen molar-refractivity contribution >= 4 is 16.8 Å². The summed E-state index contributed by atoms with van der Waals surface area (Å²) in [4.78, 5) is 14.8. The highest BCUT2D eigenvalue weighted by atomic mass is 19.1. The summed E-state index contributed by atoms with van der Waals surface area (Å²) in [6.07, 6.45) is 3.06. The van der Waals surface area contributed by atoms with E-state index in [1.807, 2.05) is 30.3 Å². The summed E-state index contributed by atoms with van der Waals surface area (Å²) in [6.45, 7) is 5.37. The first-order chi connectivity index (χ1) is 15.0. The van der Waals surface area contributed by atoms with Crippen molar-refractivity contribution in [2.75, 3.05) is 32.8 Å². The van der Waals surface area contributed by atoms with Gasteiger partial charge in [0.05, 0.1) is 6.61 Å². The number of aliphatic hydroxyl groups is 1. The summed E-state index contributed by atoms with van der Waals surface area (Å²) in [7, 11) is 0. The van der Waals surface area contributed by atoms with Gasteiger partial charge in [-0.25, -0.2) is 4.39 Å². The van der Waals surface area contributed by atoms with Crippen LogP contribution in [0, 0.1) is 12.7 Å². The van der Waals surface area contributed by atoms with Gasteiger partial charge in [0.15, 0.2) is 0 Å². The second kappa shape index (κ2) is 9.62. The number of carbonyl (C=O) groups excluding carboxylic acids is 1. The number of hydrogen-bond acceptors (Lipinski definition) is 3. The molecule has 0 aliphatic carbocycles. The van der Waals surface area contributed by atoms with E-state index in [0.29, 0.717) is 11.6 Å². The minimum atomic E-state index is -0.187. The lowest BCUT2D eigenvalue weighted by Gasteiger charge is -2.34. The van der Waals surface area contributed by atoms with E-state index in [1.165, 1.54) is 23.4 Å². The zero-order chi connectivity index (χ0) is 21.8. The van der Waals surface area contributed by atoms with Crippen molar-refractivity contribution in [1.82, 2.24) is 14.8 Å². The molecule has 0 atom stereocenters. The number of halogens is 1. The number of piperidine rings is 1. The van der Waals surface area contributed by atoms with Gasteiger partial charge in [-0.2, -0.15) is 0 Å². The van der Waals surface area contributed by atoms with E-state index in [4.69, 9.17) is 5.11 Å². The van der Waals surface area contributed by atoms with E-state index in [1.54, 1.807) is 0 Å². The fraction of sp³-hybridized carbons (Fsp3) is 0.400. The number of hydrogen-bond donors (Lipinski definition) is 2. The van der Waals surface area contributed by atoms with Crippen molar-refractivity contribution < 1.29 is 14.3 Å². The number of fused-ring (bicyclic) bond motifs is 1. The fourth-order valence-corrected chi connectivity index (χ4v) is 4.60. The highest BCUT2D eigenvalue weighted by molar-refractivity contribution is 5.98. The number of nitrogens with zero attached hydrogens (tertiary/aromatic N) is 2. The van der Waals surface area contributed by atoms with Gasteiger partial charge in [0.2, 0.25) is 0 Å². The molecule has 3 aromatic rings. The number of aromatic nitrogens is 1. The lowest BCUT2D eigenvalue weighted by Crippen LogP contribution is -2.36. The molecule has 164 valence electrons. The summed E-state index contributed by atoms with van der Waals surface area (Å²) in [5.41, 5.74) is 4.10. The lowest BCUT2D eigenvalue weighted by molar-refractivity contribution is 0.0945. The Morgan fingerprint density at radius 2 is 1.87 bits per heavy atom. The van der Waals surface area contributed by atoms with Crippen molar-refractivity contribution in [3.63, 3.8) is 0 Å². The lowest BCUT2D eigenvalue weighted by atomic mass is 10.0. The zero-order valence-corrected chi connectivity index (χ0v) is 18.0. The Bertz CT molecular complexity index is 1040. The maximum atomic E-state index is 13.1. The largest absolute Gasteiger partial charge is 0.395 e. The van der Waals surface area contributed by atoms with Gasteiger partial charge < -0.3 is 19.9 Å². The minimum Gasteiger partial charge on any atom is -0.395 e. The molecule has 6 heteroatoms. The molecule has 2 N–H and O–H groups in total. The van der Waals surface area contributed by atoms with E-state index >= 15 is 0 Å². The van der Waals surface area contributed by atoms with Crippen LogP contribution < -0.4 is 5.32 Å². The highest BCUT2D eigenvalue weighted by Gasteiger charge is 2.23. The molecule has 1 aliphatic rings. The Balaban J connectivity index is 1.42. The van der Waals surface area contributed by atoms with Crippen LogP contribution >= 0.6 is 0 Å². The van der Waals surface area contributed by atoms with Crippen LogP contribution in [0.25, 0.3) is 10.9 Å². The second-order valence-corrected chi connectivity index (χ2v) is 8.36. The van der Waals surface area contributed by atoms with Crippen LogP contribution in [-0.4, -0.2) is 53.3 Å². The van der Waals surface area contributed by atoms with E-state index in [2.05, 4.69) is 27.8 Å². The van der Waals surface area contributed by atoms with E-state index in [-0.39, 0.29) is 24.9 Å². The van der Waals surface area contributed by atoms with Crippen molar-refractivity contribution in [1.29, 1.82) is 0 Å². The van der Waals surface area contributed by atoms with Crippen molar-refractivity contribution in [2.24, 2.45) is 0 Å². The van der Waals surface area contributed by atoms with Crippen LogP contribution in [0.15, 0.2) is 48.5 Å². The van der Waals surface area contributed by atoms with Crippen LogP contribution in [0.4, 0.5) is 4.39 Å². The molecule has 2 aromatic carbocycles. The standard InChI is InChI=1S/C25H30FN3O2/c1-18-16-20-4-5-21(25(31)27-11-15-30)17-24(20)29(18)23-9-13-28(14-10-23)12-8-19-2-6-22(26)7-3-19/h2-7,16-17,23,30H,8-15H2,1H3,(H,27,31). The normalized spacial score (nSPS) is 15.5. The zero-order valence-electron chi connectivity index (χ0n) is 18.0. The van der Waals surface area contributed by atoms with Crippen LogP contribution in [-0.2, 0) is 6.42 Å². The molecule has 1 aromatic heterocycles. The number of likely N-dealkylation sites (tertiary alicyclic amines) is 1. The molecular weight excluding hydrogens is 393 g/mol. The van der Waals surface area contributed by atoms with E-state index < -0.39 is 0 Å². The molecule has 5 nitrogen and oxygen atoms in total. The Morgan fingerprint density at radius 3 is 2.58 bits per heavy atom. The number of nitrogens with one attached hydrogen (secondary N) is 1. The van der Waals surface area contributed by atoms with Gasteiger partial charge in [0, 0.05) is 49.0 Å². The van der Waals surface area contributed by atoms with Gasteiger partial charge in [0.1, 0.15) is 5.82 Å². The summed E-state index contributed by atoms with van der Waals surface area (Å²) in [6, 6.07) is 15.2. The third kappa shape index (κ3) is 4.97. The molecule has 0 saturated carbocycles. The number of aryl methyl sites for hydroxylation is 1. The SMILES string of the molecule is Cc1cc2ccc(C(=O)NCCO)cc2n1C1CCN(CCc2ccc(F)cc2)CC1. The van der Waals surface area contributed by atoms with Gasteiger partial charge in [-0.15, -0.1) is 0 Å². The molecule has 0 unspecified atom stereocenters. The average Bonchev–Trinajstić information content (AvgIpc) is 3.12. The minimum absolute atomic E-state index is 0.0663. The predicted octanol–water partition coefficient (Wildman–Crippen LogP) is 3.69.